The van der Waals surface area contributed by atoms with Crippen molar-refractivity contribution in [2.24, 2.45) is 0 Å². The number of fused-ring (bicyclic) bond motifs is 2. The summed E-state index contributed by atoms with van der Waals surface area (Å²) in [6, 6.07) is 6.73. The molecule has 1 aliphatic carbocycles. The van der Waals surface area contributed by atoms with E-state index in [1.807, 2.05) is 6.07 Å². The number of hydrogen-bond acceptors (Lipinski definition) is 9. The molecule has 0 aromatic carbocycles. The summed E-state index contributed by atoms with van der Waals surface area (Å²) in [5, 5.41) is 28.3. The second-order valence-electron chi connectivity index (χ2n) is 6.27. The van der Waals surface area contributed by atoms with Crippen LogP contribution in [0.3, 0.4) is 0 Å². The number of hydrogen-bond donors (Lipinski definition) is 1. The van der Waals surface area contributed by atoms with Gasteiger partial charge < -0.3 is 14.6 Å². The number of carbonyl (C=O) groups excluding carboxylic acids is 1. The third-order valence-corrected chi connectivity index (χ3v) is 5.13. The van der Waals surface area contributed by atoms with Crippen molar-refractivity contribution in [2.75, 3.05) is 14.2 Å². The molecular formula is C21H13Cl2N5O4. The minimum Gasteiger partial charge on any atom is -0.506 e. The number of halogens is 2. The first-order valence-electron chi connectivity index (χ1n) is 8.83. The first-order chi connectivity index (χ1) is 15.3. The van der Waals surface area contributed by atoms with Gasteiger partial charge in [0.2, 0.25) is 11.8 Å². The molecule has 0 saturated carbocycles. The van der Waals surface area contributed by atoms with Gasteiger partial charge in [-0.3, -0.25) is 4.79 Å². The van der Waals surface area contributed by atoms with Gasteiger partial charge in [0.05, 0.1) is 31.0 Å². The van der Waals surface area contributed by atoms with Crippen LogP contribution in [-0.2, 0) is 11.2 Å². The van der Waals surface area contributed by atoms with Gasteiger partial charge in [-0.2, -0.15) is 10.5 Å². The molecule has 11 heteroatoms. The zero-order valence-electron chi connectivity index (χ0n) is 16.7. The Morgan fingerprint density at radius 3 is 2.34 bits per heavy atom. The van der Waals surface area contributed by atoms with Crippen LogP contribution >= 0.6 is 23.2 Å². The van der Waals surface area contributed by atoms with Crippen molar-refractivity contribution in [2.45, 2.75) is 6.42 Å². The van der Waals surface area contributed by atoms with Crippen molar-refractivity contribution in [1.29, 1.82) is 10.5 Å². The summed E-state index contributed by atoms with van der Waals surface area (Å²) >= 11 is 11.9. The average molecular weight is 470 g/mol. The summed E-state index contributed by atoms with van der Waals surface area (Å²) in [7, 11) is 2.95. The molecule has 0 unspecified atom stereocenters. The van der Waals surface area contributed by atoms with Crippen LogP contribution in [0.2, 0.25) is 10.2 Å². The Hall–Kier alpha value is -3.92. The van der Waals surface area contributed by atoms with Crippen LogP contribution in [-0.4, -0.2) is 40.1 Å². The van der Waals surface area contributed by atoms with Gasteiger partial charge >= 0.3 is 0 Å². The summed E-state index contributed by atoms with van der Waals surface area (Å²) in [6.07, 6.45) is 3.04. The quantitative estimate of drug-likeness (QED) is 0.553. The number of aromatic nitrogens is 3. The summed E-state index contributed by atoms with van der Waals surface area (Å²) in [5.74, 6) is 0.0493. The number of aliphatic hydroxyl groups excluding tert-OH is 1. The number of rotatable bonds is 2. The van der Waals surface area contributed by atoms with Crippen LogP contribution in [0.5, 0.6) is 11.8 Å². The first kappa shape index (κ1) is 22.8. The molecule has 3 aromatic heterocycles. The molecule has 1 N–H and O–H groups in total. The van der Waals surface area contributed by atoms with Gasteiger partial charge in [-0.25, -0.2) is 15.0 Å². The summed E-state index contributed by atoms with van der Waals surface area (Å²) in [6.45, 7) is 0. The number of carbonyl (C=O) groups is 1. The second-order valence-corrected chi connectivity index (χ2v) is 7.00. The predicted octanol–water partition coefficient (Wildman–Crippen LogP) is 3.82. The van der Waals surface area contributed by atoms with E-state index < -0.39 is 0 Å². The van der Waals surface area contributed by atoms with Crippen molar-refractivity contribution in [3.8, 4) is 23.9 Å². The molecule has 3 aromatic rings. The number of nitriles is 2. The van der Waals surface area contributed by atoms with Crippen LogP contribution < -0.4 is 9.47 Å². The fraction of sp³-hybridized carbons (Fsp3) is 0.143. The van der Waals surface area contributed by atoms with E-state index in [2.05, 4.69) is 15.0 Å². The highest BCUT2D eigenvalue weighted by atomic mass is 35.5. The lowest BCUT2D eigenvalue weighted by Crippen LogP contribution is -2.15. The highest BCUT2D eigenvalue weighted by Gasteiger charge is 2.26. The Balaban J connectivity index is 0.000000181. The van der Waals surface area contributed by atoms with E-state index >= 15 is 0 Å². The van der Waals surface area contributed by atoms with E-state index in [4.69, 9.17) is 43.2 Å². The number of ketones is 1. The van der Waals surface area contributed by atoms with E-state index in [0.29, 0.717) is 33.8 Å². The molecule has 1 aliphatic rings. The van der Waals surface area contributed by atoms with Gasteiger partial charge in [0.15, 0.2) is 5.78 Å². The summed E-state index contributed by atoms with van der Waals surface area (Å²) < 4.78 is 9.88. The Labute approximate surface area is 192 Å². The SMILES string of the molecule is COc1cc2c(Cl)c(C#N)c(Cl)nc2cn1.COc1cc2c(cn1)CC(=O)C(C#N)=C2O. The van der Waals surface area contributed by atoms with E-state index in [1.54, 1.807) is 12.1 Å². The molecule has 0 saturated heterocycles. The van der Waals surface area contributed by atoms with Crippen LogP contribution in [0.4, 0.5) is 0 Å². The molecule has 0 spiro atoms. The van der Waals surface area contributed by atoms with Gasteiger partial charge in [0.25, 0.3) is 0 Å². The number of aliphatic hydroxyl groups is 1. The largest absolute Gasteiger partial charge is 0.506 e. The second kappa shape index (κ2) is 9.48. The molecule has 0 amide bonds. The van der Waals surface area contributed by atoms with Crippen LogP contribution in [0.25, 0.3) is 16.7 Å². The van der Waals surface area contributed by atoms with Crippen molar-refractivity contribution in [3.63, 3.8) is 0 Å². The molecule has 3 heterocycles. The topological polar surface area (TPSA) is 142 Å². The molecule has 160 valence electrons. The van der Waals surface area contributed by atoms with Gasteiger partial charge in [-0.15, -0.1) is 0 Å². The number of nitrogens with zero attached hydrogens (tertiary/aromatic N) is 5. The first-order valence-corrected chi connectivity index (χ1v) is 9.58. The molecule has 0 aliphatic heterocycles. The third kappa shape index (κ3) is 4.26. The number of Topliss-reactive ketones (excluding diaryl/α,β-unsaturated/α-hetero) is 1. The van der Waals surface area contributed by atoms with Crippen LogP contribution in [0, 0.1) is 22.7 Å². The smallest absolute Gasteiger partial charge is 0.213 e. The molecule has 0 fully saturated rings. The van der Waals surface area contributed by atoms with Crippen molar-refractivity contribution >= 4 is 45.6 Å². The Bertz CT molecular complexity index is 1360. The fourth-order valence-corrected chi connectivity index (χ4v) is 3.43. The number of allylic oxidation sites excluding steroid dienone is 1. The molecule has 4 rings (SSSR count). The summed E-state index contributed by atoms with van der Waals surface area (Å²) in [5.41, 5.74) is 1.50. The van der Waals surface area contributed by atoms with E-state index in [1.165, 1.54) is 32.7 Å². The predicted molar refractivity (Wildman–Crippen MR) is 115 cm³/mol. The highest BCUT2D eigenvalue weighted by Crippen LogP contribution is 2.31. The molecule has 32 heavy (non-hydrogen) atoms. The Morgan fingerprint density at radius 1 is 1.06 bits per heavy atom. The fourth-order valence-electron chi connectivity index (χ4n) is 2.87. The average Bonchev–Trinajstić information content (AvgIpc) is 2.80. The maximum absolute atomic E-state index is 11.5. The van der Waals surface area contributed by atoms with E-state index in [-0.39, 0.29) is 39.3 Å². The lowest BCUT2D eigenvalue weighted by atomic mass is 9.91. The van der Waals surface area contributed by atoms with Crippen molar-refractivity contribution < 1.29 is 19.4 Å². The maximum atomic E-state index is 11.5. The standard InChI is InChI=1S/C11H8N2O3.C10H5Cl2N3O/c1-16-10-3-7-6(5-13-10)2-9(14)8(4-12)11(7)15;1-16-8-2-5-7(4-14-8)15-10(12)6(3-13)9(5)11/h3,5,15H,2H2,1H3;2,4H,1H3. The molecule has 9 nitrogen and oxygen atoms in total. The lowest BCUT2D eigenvalue weighted by molar-refractivity contribution is -0.114. The zero-order valence-corrected chi connectivity index (χ0v) is 18.2. The maximum Gasteiger partial charge on any atom is 0.213 e. The third-order valence-electron chi connectivity index (χ3n) is 4.46. The minimum absolute atomic E-state index is 0.0759. The normalized spacial score (nSPS) is 12.2. The Morgan fingerprint density at radius 2 is 1.72 bits per heavy atom. The number of methoxy groups -OCH3 is 2. The number of pyridine rings is 3. The van der Waals surface area contributed by atoms with Crippen molar-refractivity contribution in [1.82, 2.24) is 15.0 Å². The van der Waals surface area contributed by atoms with Gasteiger partial charge in [0.1, 0.15) is 34.2 Å². The van der Waals surface area contributed by atoms with Gasteiger partial charge in [-0.05, 0) is 5.56 Å². The number of ether oxygens (including phenoxy) is 2. The van der Waals surface area contributed by atoms with Crippen LogP contribution in [0.15, 0.2) is 30.1 Å². The highest BCUT2D eigenvalue weighted by molar-refractivity contribution is 6.39. The molecule has 0 atom stereocenters. The van der Waals surface area contributed by atoms with Gasteiger partial charge in [-0.1, -0.05) is 23.2 Å². The minimum atomic E-state index is -0.389. The summed E-state index contributed by atoms with van der Waals surface area (Å²) in [4.78, 5) is 23.4. The Kier molecular flexibility index (Phi) is 6.74. The van der Waals surface area contributed by atoms with Crippen LogP contribution in [0.1, 0.15) is 16.7 Å². The lowest BCUT2D eigenvalue weighted by Gasteiger charge is -2.15. The monoisotopic (exact) mass is 469 g/mol. The van der Waals surface area contributed by atoms with E-state index in [9.17, 15) is 9.90 Å². The van der Waals surface area contributed by atoms with Crippen molar-refractivity contribution in [3.05, 3.63) is 57.0 Å². The zero-order chi connectivity index (χ0) is 23.4. The molecular weight excluding hydrogens is 457 g/mol. The molecule has 0 bridgehead atoms. The van der Waals surface area contributed by atoms with Gasteiger partial charge in [0, 0.05) is 35.7 Å². The molecule has 0 radical (unpaired) electrons. The van der Waals surface area contributed by atoms with E-state index in [0.717, 1.165) is 0 Å².